The van der Waals surface area contributed by atoms with Crippen molar-refractivity contribution < 1.29 is 4.74 Å². The monoisotopic (exact) mass is 220 g/mol. The first-order valence-electron chi connectivity index (χ1n) is 3.98. The highest BCUT2D eigenvalue weighted by atomic mass is 35.5. The van der Waals surface area contributed by atoms with E-state index in [0.29, 0.717) is 5.02 Å². The molecule has 0 aliphatic carbocycles. The van der Waals surface area contributed by atoms with Gasteiger partial charge in [0.15, 0.2) is 0 Å². The first kappa shape index (κ1) is 12.6. The Balaban J connectivity index is 0.000000671. The maximum absolute atomic E-state index is 5.75. The molecule has 13 heavy (non-hydrogen) atoms. The molecule has 1 rings (SSSR count). The molecule has 0 saturated heterocycles. The van der Waals surface area contributed by atoms with Crippen LogP contribution in [0.15, 0.2) is 24.3 Å². The van der Waals surface area contributed by atoms with Crippen LogP contribution in [-0.2, 0) is 0 Å². The Morgan fingerprint density at radius 1 is 1.23 bits per heavy atom. The van der Waals surface area contributed by atoms with Crippen molar-refractivity contribution in [2.75, 3.05) is 6.38 Å². The van der Waals surface area contributed by atoms with Crippen molar-refractivity contribution in [2.24, 2.45) is 0 Å². The van der Waals surface area contributed by atoms with Gasteiger partial charge in [-0.2, -0.15) is 0 Å². The molecule has 1 aromatic rings. The fraction of sp³-hybridized carbons (Fsp3) is 0.400. The predicted molar refractivity (Wildman–Crippen MR) is 59.0 cm³/mol. The summed E-state index contributed by atoms with van der Waals surface area (Å²) in [5.41, 5.74) is 0. The maximum atomic E-state index is 5.75. The van der Waals surface area contributed by atoms with Gasteiger partial charge in [-0.05, 0) is 32.0 Å². The first-order chi connectivity index (χ1) is 6.18. The summed E-state index contributed by atoms with van der Waals surface area (Å²) in [7, 11) is 0. The van der Waals surface area contributed by atoms with Crippen molar-refractivity contribution in [1.82, 2.24) is 0 Å². The van der Waals surface area contributed by atoms with Gasteiger partial charge in [-0.3, -0.25) is 0 Å². The molecule has 0 amide bonds. The lowest BCUT2D eigenvalue weighted by Gasteiger charge is -2.08. The van der Waals surface area contributed by atoms with E-state index in [9.17, 15) is 0 Å². The third kappa shape index (κ3) is 5.78. The number of benzene rings is 1. The van der Waals surface area contributed by atoms with Gasteiger partial charge in [-0.25, -0.2) is 0 Å². The van der Waals surface area contributed by atoms with Crippen LogP contribution in [-0.4, -0.2) is 12.5 Å². The Hall–Kier alpha value is -0.400. The van der Waals surface area contributed by atoms with E-state index in [1.54, 1.807) is 0 Å². The van der Waals surface area contributed by atoms with Gasteiger partial charge in [0.25, 0.3) is 0 Å². The maximum Gasteiger partial charge on any atom is 0.121 e. The number of halogens is 2. The fourth-order valence-corrected chi connectivity index (χ4v) is 0.993. The summed E-state index contributed by atoms with van der Waals surface area (Å²) in [5, 5.41) is 0.711. The molecular weight excluding hydrogens is 207 g/mol. The summed E-state index contributed by atoms with van der Waals surface area (Å²) in [6.07, 6.45) is 1.67. The SMILES string of the molecule is CC(C)Oc1cccc(Cl)c1.CCl. The molecule has 0 aliphatic heterocycles. The topological polar surface area (TPSA) is 9.23 Å². The molecule has 0 aromatic heterocycles. The minimum absolute atomic E-state index is 0.202. The largest absolute Gasteiger partial charge is 0.491 e. The van der Waals surface area contributed by atoms with Crippen molar-refractivity contribution in [3.63, 3.8) is 0 Å². The second-order valence-electron chi connectivity index (χ2n) is 2.62. The van der Waals surface area contributed by atoms with Crippen molar-refractivity contribution in [1.29, 1.82) is 0 Å². The number of alkyl halides is 1. The molecule has 3 heteroatoms. The summed E-state index contributed by atoms with van der Waals surface area (Å²) >= 11 is 10.4. The Labute approximate surface area is 89.6 Å². The highest BCUT2D eigenvalue weighted by Gasteiger charge is 1.96. The predicted octanol–water partition coefficient (Wildman–Crippen LogP) is 3.98. The van der Waals surface area contributed by atoms with Gasteiger partial charge in [0.05, 0.1) is 6.10 Å². The number of rotatable bonds is 2. The molecule has 0 fully saturated rings. The van der Waals surface area contributed by atoms with E-state index in [4.69, 9.17) is 16.3 Å². The molecule has 0 aliphatic rings. The standard InChI is InChI=1S/C9H11ClO.CH3Cl/c1-7(2)11-9-5-3-4-8(10)6-9;1-2/h3-7H,1-2H3;1H3. The van der Waals surface area contributed by atoms with Gasteiger partial charge in [-0.1, -0.05) is 17.7 Å². The molecule has 0 saturated carbocycles. The third-order valence-electron chi connectivity index (χ3n) is 1.17. The third-order valence-corrected chi connectivity index (χ3v) is 1.40. The molecule has 0 radical (unpaired) electrons. The Bertz CT molecular complexity index is 236. The van der Waals surface area contributed by atoms with Gasteiger partial charge < -0.3 is 4.74 Å². The van der Waals surface area contributed by atoms with Gasteiger partial charge >= 0.3 is 0 Å². The Morgan fingerprint density at radius 2 is 1.85 bits per heavy atom. The van der Waals surface area contributed by atoms with Crippen molar-refractivity contribution in [3.05, 3.63) is 29.3 Å². The average molecular weight is 221 g/mol. The normalized spacial score (nSPS) is 9.08. The molecule has 74 valence electrons. The summed E-state index contributed by atoms with van der Waals surface area (Å²) in [6, 6.07) is 7.40. The zero-order chi connectivity index (χ0) is 10.3. The highest BCUT2D eigenvalue weighted by Crippen LogP contribution is 2.17. The van der Waals surface area contributed by atoms with Gasteiger partial charge in [0.1, 0.15) is 5.75 Å². The second-order valence-corrected chi connectivity index (χ2v) is 3.06. The van der Waals surface area contributed by atoms with Crippen molar-refractivity contribution >= 4 is 23.2 Å². The van der Waals surface area contributed by atoms with E-state index in [1.807, 2.05) is 38.1 Å². The molecule has 0 heterocycles. The van der Waals surface area contributed by atoms with Crippen molar-refractivity contribution in [3.8, 4) is 5.75 Å². The highest BCUT2D eigenvalue weighted by molar-refractivity contribution is 6.30. The summed E-state index contributed by atoms with van der Waals surface area (Å²) in [5.74, 6) is 0.826. The van der Waals surface area contributed by atoms with Crippen LogP contribution in [0.5, 0.6) is 5.75 Å². The van der Waals surface area contributed by atoms with Gasteiger partial charge in [0.2, 0.25) is 0 Å². The molecule has 0 atom stereocenters. The lowest BCUT2D eigenvalue weighted by molar-refractivity contribution is 0.242. The van der Waals surface area contributed by atoms with Gasteiger partial charge in [-0.15, -0.1) is 11.6 Å². The summed E-state index contributed by atoms with van der Waals surface area (Å²) in [6.45, 7) is 3.97. The first-order valence-corrected chi connectivity index (χ1v) is 5.12. The van der Waals surface area contributed by atoms with Crippen LogP contribution in [0, 0.1) is 0 Å². The number of hydrogen-bond acceptors (Lipinski definition) is 1. The van der Waals surface area contributed by atoms with Crippen LogP contribution in [0.4, 0.5) is 0 Å². The molecule has 0 bridgehead atoms. The van der Waals surface area contributed by atoms with E-state index in [1.165, 1.54) is 6.38 Å². The molecule has 0 unspecified atom stereocenters. The van der Waals surface area contributed by atoms with Crippen LogP contribution >= 0.6 is 23.2 Å². The van der Waals surface area contributed by atoms with E-state index in [2.05, 4.69) is 11.6 Å². The van der Waals surface area contributed by atoms with E-state index in [0.717, 1.165) is 5.75 Å². The number of ether oxygens (including phenoxy) is 1. The Kier molecular flexibility index (Phi) is 6.83. The molecule has 1 nitrogen and oxygen atoms in total. The van der Waals surface area contributed by atoms with Crippen molar-refractivity contribution in [2.45, 2.75) is 20.0 Å². The smallest absolute Gasteiger partial charge is 0.121 e. The lowest BCUT2D eigenvalue weighted by atomic mass is 10.3. The molecule has 0 spiro atoms. The number of hydrogen-bond donors (Lipinski definition) is 0. The minimum Gasteiger partial charge on any atom is -0.491 e. The zero-order valence-electron chi connectivity index (χ0n) is 8.05. The van der Waals surface area contributed by atoms with Crippen LogP contribution in [0.3, 0.4) is 0 Å². The summed E-state index contributed by atoms with van der Waals surface area (Å²) < 4.78 is 5.41. The molecule has 1 aromatic carbocycles. The van der Waals surface area contributed by atoms with E-state index < -0.39 is 0 Å². The Morgan fingerprint density at radius 3 is 2.31 bits per heavy atom. The summed E-state index contributed by atoms with van der Waals surface area (Å²) in [4.78, 5) is 0. The quantitative estimate of drug-likeness (QED) is 0.686. The lowest BCUT2D eigenvalue weighted by Crippen LogP contribution is -2.04. The minimum atomic E-state index is 0.202. The van der Waals surface area contributed by atoms with E-state index in [-0.39, 0.29) is 6.10 Å². The van der Waals surface area contributed by atoms with Gasteiger partial charge in [0, 0.05) is 11.4 Å². The van der Waals surface area contributed by atoms with E-state index >= 15 is 0 Å². The fourth-order valence-electron chi connectivity index (χ4n) is 0.812. The van der Waals surface area contributed by atoms with Crippen LogP contribution < -0.4 is 4.74 Å². The van der Waals surface area contributed by atoms with Crippen LogP contribution in [0.25, 0.3) is 0 Å². The molecule has 0 N–H and O–H groups in total. The molecular formula is C10H14Cl2O. The zero-order valence-corrected chi connectivity index (χ0v) is 9.56. The average Bonchev–Trinajstić information content (AvgIpc) is 2.06. The second kappa shape index (κ2) is 7.05. The van der Waals surface area contributed by atoms with Crippen LogP contribution in [0.1, 0.15) is 13.8 Å². The van der Waals surface area contributed by atoms with Crippen LogP contribution in [0.2, 0.25) is 5.02 Å².